The first-order valence-corrected chi connectivity index (χ1v) is 13.5. The van der Waals surface area contributed by atoms with E-state index in [0.29, 0.717) is 33.6 Å². The number of benzene rings is 2. The highest BCUT2D eigenvalue weighted by Gasteiger charge is 2.32. The Morgan fingerprint density at radius 3 is 2.53 bits per heavy atom. The zero-order valence-corrected chi connectivity index (χ0v) is 22.2. The molecular weight excluding hydrogens is 508 g/mol. The maximum Gasteiger partial charge on any atom is 0.408 e. The van der Waals surface area contributed by atoms with E-state index in [1.165, 1.54) is 28.5 Å². The normalized spacial score (nSPS) is 16.1. The second kappa shape index (κ2) is 9.41. The fourth-order valence-electron chi connectivity index (χ4n) is 4.33. The minimum Gasteiger partial charge on any atom is -0.490 e. The van der Waals surface area contributed by atoms with Crippen molar-refractivity contribution in [2.45, 2.75) is 50.3 Å². The largest absolute Gasteiger partial charge is 0.490 e. The number of aliphatic hydroxyl groups is 1. The fourth-order valence-corrected chi connectivity index (χ4v) is 5.86. The summed E-state index contributed by atoms with van der Waals surface area (Å²) in [6, 6.07) is 12.8. The number of carbonyl (C=O) groups is 1. The first kappa shape index (κ1) is 25.7. The molecule has 0 saturated carbocycles. The summed E-state index contributed by atoms with van der Waals surface area (Å²) in [4.78, 5) is 21.1. The van der Waals surface area contributed by atoms with Crippen molar-refractivity contribution < 1.29 is 27.8 Å². The Bertz CT molecular complexity index is 1610. The van der Waals surface area contributed by atoms with Crippen LogP contribution in [0.15, 0.2) is 65.8 Å². The lowest BCUT2D eigenvalue weighted by atomic mass is 10.1. The number of nitrogens with one attached hydrogen (secondary N) is 1. The third-order valence-corrected chi connectivity index (χ3v) is 7.77. The van der Waals surface area contributed by atoms with Crippen LogP contribution in [0.2, 0.25) is 0 Å². The molecule has 198 valence electrons. The van der Waals surface area contributed by atoms with Crippen molar-refractivity contribution in [2.75, 3.05) is 6.61 Å². The lowest BCUT2D eigenvalue weighted by Crippen LogP contribution is -2.35. The molecular formula is C27H28N4O6S. The van der Waals surface area contributed by atoms with E-state index in [1.54, 1.807) is 64.1 Å². The van der Waals surface area contributed by atoms with Crippen molar-refractivity contribution in [1.29, 1.82) is 0 Å². The maximum atomic E-state index is 13.9. The summed E-state index contributed by atoms with van der Waals surface area (Å²) in [5.41, 5.74) is 1.40. The van der Waals surface area contributed by atoms with Gasteiger partial charge in [-0.3, -0.25) is 9.97 Å². The molecule has 2 atom stereocenters. The molecule has 2 N–H and O–H groups in total. The third kappa shape index (κ3) is 4.70. The molecule has 0 radical (unpaired) electrons. The number of hydrogen-bond donors (Lipinski definition) is 2. The van der Waals surface area contributed by atoms with Gasteiger partial charge in [0, 0.05) is 10.9 Å². The highest BCUT2D eigenvalue weighted by Crippen LogP contribution is 2.43. The predicted molar refractivity (Wildman–Crippen MR) is 140 cm³/mol. The van der Waals surface area contributed by atoms with Gasteiger partial charge in [0.1, 0.15) is 23.7 Å². The van der Waals surface area contributed by atoms with Gasteiger partial charge in [-0.15, -0.1) is 0 Å². The second-order valence-electron chi connectivity index (χ2n) is 10.0. The summed E-state index contributed by atoms with van der Waals surface area (Å²) in [7, 11) is -4.04. The van der Waals surface area contributed by atoms with E-state index in [1.807, 2.05) is 0 Å². The summed E-state index contributed by atoms with van der Waals surface area (Å²) in [6.07, 6.45) is 1.46. The average molecular weight is 537 g/mol. The van der Waals surface area contributed by atoms with Gasteiger partial charge in [0.2, 0.25) is 0 Å². The molecule has 1 aliphatic rings. The average Bonchev–Trinajstić information content (AvgIpc) is 3.45. The lowest BCUT2D eigenvalue weighted by molar-refractivity contribution is 0.0497. The van der Waals surface area contributed by atoms with E-state index in [4.69, 9.17) is 9.47 Å². The number of aromatic nitrogens is 3. The van der Waals surface area contributed by atoms with Gasteiger partial charge in [-0.1, -0.05) is 24.3 Å². The van der Waals surface area contributed by atoms with Gasteiger partial charge in [0.05, 0.1) is 46.3 Å². The zero-order chi connectivity index (χ0) is 27.2. The van der Waals surface area contributed by atoms with E-state index in [9.17, 15) is 18.3 Å². The highest BCUT2D eigenvalue weighted by atomic mass is 32.2. The molecule has 3 heterocycles. The third-order valence-electron chi connectivity index (χ3n) is 6.03. The first-order chi connectivity index (χ1) is 18.0. The molecule has 1 aliphatic heterocycles. The number of nitrogens with zero attached hydrogens (tertiary/aromatic N) is 3. The van der Waals surface area contributed by atoms with Crippen molar-refractivity contribution in [3.05, 3.63) is 72.2 Å². The van der Waals surface area contributed by atoms with Crippen LogP contribution in [0.5, 0.6) is 5.75 Å². The Morgan fingerprint density at radius 2 is 1.89 bits per heavy atom. The van der Waals surface area contributed by atoms with Gasteiger partial charge in [-0.05, 0) is 52.0 Å². The van der Waals surface area contributed by atoms with Crippen LogP contribution in [0.4, 0.5) is 4.79 Å². The van der Waals surface area contributed by atoms with Gasteiger partial charge >= 0.3 is 6.09 Å². The summed E-state index contributed by atoms with van der Waals surface area (Å²) < 4.78 is 40.3. The molecule has 38 heavy (non-hydrogen) atoms. The Kier molecular flexibility index (Phi) is 6.36. The smallest absolute Gasteiger partial charge is 0.408 e. The molecule has 0 fully saturated rings. The molecule has 5 rings (SSSR count). The SMILES string of the molecule is C[C@@H](O)c1cnc(-c2cc3c4c(ccc3n2S(=O)(=O)c2ccccc2)[C@H](NC(=O)OC(C)(C)C)CO4)cn1. The number of alkyl carbamates (subject to hydrolysis) is 1. The summed E-state index contributed by atoms with van der Waals surface area (Å²) >= 11 is 0. The Morgan fingerprint density at radius 1 is 1.16 bits per heavy atom. The van der Waals surface area contributed by atoms with Gasteiger partial charge in [0.15, 0.2) is 0 Å². The number of hydrogen-bond acceptors (Lipinski definition) is 8. The van der Waals surface area contributed by atoms with Gasteiger partial charge in [0.25, 0.3) is 10.0 Å². The van der Waals surface area contributed by atoms with Crippen LogP contribution in [0.1, 0.15) is 51.1 Å². The zero-order valence-electron chi connectivity index (χ0n) is 21.4. The van der Waals surface area contributed by atoms with Gasteiger partial charge < -0.3 is 19.9 Å². The van der Waals surface area contributed by atoms with E-state index < -0.39 is 33.9 Å². The minimum absolute atomic E-state index is 0.109. The monoisotopic (exact) mass is 536 g/mol. The highest BCUT2D eigenvalue weighted by molar-refractivity contribution is 7.90. The van der Waals surface area contributed by atoms with Crippen LogP contribution in [-0.2, 0) is 14.8 Å². The van der Waals surface area contributed by atoms with Crippen LogP contribution in [0.3, 0.4) is 0 Å². The number of aliphatic hydroxyl groups excluding tert-OH is 1. The predicted octanol–water partition coefficient (Wildman–Crippen LogP) is 4.35. The van der Waals surface area contributed by atoms with Crippen LogP contribution >= 0.6 is 0 Å². The van der Waals surface area contributed by atoms with Gasteiger partial charge in [-0.2, -0.15) is 0 Å². The molecule has 11 heteroatoms. The van der Waals surface area contributed by atoms with E-state index in [2.05, 4.69) is 15.3 Å². The summed E-state index contributed by atoms with van der Waals surface area (Å²) in [5.74, 6) is 0.473. The Balaban J connectivity index is 1.65. The van der Waals surface area contributed by atoms with Crippen LogP contribution in [-0.4, -0.2) is 45.8 Å². The van der Waals surface area contributed by atoms with Gasteiger partial charge in [-0.25, -0.2) is 17.2 Å². The topological polar surface area (TPSA) is 133 Å². The molecule has 0 unspecified atom stereocenters. The van der Waals surface area contributed by atoms with Crippen LogP contribution in [0.25, 0.3) is 22.3 Å². The molecule has 0 spiro atoms. The molecule has 0 bridgehead atoms. The standard InChI is InChI=1S/C27H28N4O6S/c1-16(32)20-13-29-21(14-28-20)24-12-19-23(31(24)38(34,35)17-8-6-5-7-9-17)11-10-18-22(15-36-25(18)19)30-26(33)37-27(2,3)4/h5-14,16,22,32H,15H2,1-4H3,(H,30,33)/t16-,22-/m1/s1. The van der Waals surface area contributed by atoms with E-state index in [-0.39, 0.29) is 17.2 Å². The maximum absolute atomic E-state index is 13.9. The van der Waals surface area contributed by atoms with Crippen molar-refractivity contribution in [3.8, 4) is 17.1 Å². The number of amides is 1. The van der Waals surface area contributed by atoms with Crippen molar-refractivity contribution in [1.82, 2.24) is 19.3 Å². The molecule has 1 amide bonds. The fraction of sp³-hybridized carbons (Fsp3) is 0.296. The van der Waals surface area contributed by atoms with E-state index >= 15 is 0 Å². The quantitative estimate of drug-likeness (QED) is 0.385. The number of ether oxygens (including phenoxy) is 2. The first-order valence-electron chi connectivity index (χ1n) is 12.1. The molecule has 10 nitrogen and oxygen atoms in total. The number of rotatable bonds is 5. The molecule has 0 aliphatic carbocycles. The number of carbonyl (C=O) groups excluding carboxylic acids is 1. The molecule has 2 aromatic carbocycles. The van der Waals surface area contributed by atoms with Crippen LogP contribution in [0, 0.1) is 0 Å². The molecule has 0 saturated heterocycles. The summed E-state index contributed by atoms with van der Waals surface area (Å²) in [5, 5.41) is 13.2. The minimum atomic E-state index is -4.04. The lowest BCUT2D eigenvalue weighted by Gasteiger charge is -2.21. The molecule has 2 aromatic heterocycles. The summed E-state index contributed by atoms with van der Waals surface area (Å²) in [6.45, 7) is 7.08. The second-order valence-corrected chi connectivity index (χ2v) is 11.8. The van der Waals surface area contributed by atoms with Crippen molar-refractivity contribution in [2.24, 2.45) is 0 Å². The molecule has 4 aromatic rings. The van der Waals surface area contributed by atoms with E-state index in [0.717, 1.165) is 0 Å². The van der Waals surface area contributed by atoms with Crippen LogP contribution < -0.4 is 10.1 Å². The van der Waals surface area contributed by atoms with Crippen molar-refractivity contribution >= 4 is 27.0 Å². The van der Waals surface area contributed by atoms with Crippen molar-refractivity contribution in [3.63, 3.8) is 0 Å². The Labute approximate surface area is 220 Å². The number of fused-ring (bicyclic) bond motifs is 3. The Hall–Kier alpha value is -3.96.